The third kappa shape index (κ3) is 2.99. The average molecular weight is 503 g/mol. The van der Waals surface area contributed by atoms with E-state index in [4.69, 9.17) is 11.6 Å². The van der Waals surface area contributed by atoms with Gasteiger partial charge in [0.1, 0.15) is 5.54 Å². The number of benzene rings is 2. The molecule has 3 aromatic rings. The SMILES string of the molecule is O=C1Nc2cc(Cl)ccc2[C@@H]2N[C@]3(Cc4c[nH]c5ccccc45)C(=O)N(C4CCCCC4)C(=O)[C@@H]3[C@H]12. The maximum absolute atomic E-state index is 14.4. The van der Waals surface area contributed by atoms with Crippen molar-refractivity contribution in [1.29, 1.82) is 0 Å². The highest BCUT2D eigenvalue weighted by atomic mass is 35.5. The predicted molar refractivity (Wildman–Crippen MR) is 136 cm³/mol. The highest BCUT2D eigenvalue weighted by molar-refractivity contribution is 6.31. The standard InChI is InChI=1S/C28H27ClN4O3/c29-16-10-11-19-21(12-16)31-25(34)22-23-26(35)33(17-6-2-1-3-7-17)27(36)28(23,32-24(19)22)13-15-14-30-20-9-5-4-8-18(15)20/h4-5,8-12,14,17,22-24,30,32H,1-3,6-7,13H2,(H,31,34)/t22-,23-,24-,28-/m0/s1. The van der Waals surface area contributed by atoms with Crippen LogP contribution in [0.4, 0.5) is 5.69 Å². The molecular weight excluding hydrogens is 476 g/mol. The second-order valence-corrected chi connectivity index (χ2v) is 11.1. The molecule has 7 nitrogen and oxygen atoms in total. The molecule has 2 aromatic carbocycles. The molecule has 4 atom stereocenters. The van der Waals surface area contributed by atoms with E-state index in [1.807, 2.05) is 36.5 Å². The van der Waals surface area contributed by atoms with Gasteiger partial charge in [-0.3, -0.25) is 24.6 Å². The molecule has 184 valence electrons. The fraction of sp³-hybridized carbons (Fsp3) is 0.393. The normalized spacial score (nSPS) is 29.9. The maximum Gasteiger partial charge on any atom is 0.250 e. The van der Waals surface area contributed by atoms with Crippen LogP contribution < -0.4 is 10.6 Å². The van der Waals surface area contributed by atoms with E-state index in [9.17, 15) is 14.4 Å². The van der Waals surface area contributed by atoms with Crippen molar-refractivity contribution in [1.82, 2.24) is 15.2 Å². The van der Waals surface area contributed by atoms with E-state index in [-0.39, 0.29) is 23.8 Å². The molecule has 36 heavy (non-hydrogen) atoms. The Bertz CT molecular complexity index is 1430. The molecule has 4 aliphatic rings. The van der Waals surface area contributed by atoms with Crippen molar-refractivity contribution in [2.45, 2.75) is 56.1 Å². The number of nitrogens with zero attached hydrogens (tertiary/aromatic N) is 1. The summed E-state index contributed by atoms with van der Waals surface area (Å²) < 4.78 is 0. The highest BCUT2D eigenvalue weighted by Crippen LogP contribution is 2.54. The number of aromatic amines is 1. The number of carbonyl (C=O) groups is 3. The Morgan fingerprint density at radius 3 is 2.67 bits per heavy atom. The van der Waals surface area contributed by atoms with Crippen molar-refractivity contribution >= 4 is 45.9 Å². The van der Waals surface area contributed by atoms with Crippen molar-refractivity contribution in [3.63, 3.8) is 0 Å². The number of anilines is 1. The lowest BCUT2D eigenvalue weighted by molar-refractivity contribution is -0.146. The van der Waals surface area contributed by atoms with Gasteiger partial charge in [-0.15, -0.1) is 0 Å². The Kier molecular flexibility index (Phi) is 4.85. The lowest BCUT2D eigenvalue weighted by atomic mass is 9.75. The summed E-state index contributed by atoms with van der Waals surface area (Å²) in [4.78, 5) is 46.8. The number of likely N-dealkylation sites (tertiary alicyclic amines) is 1. The third-order valence-corrected chi connectivity index (χ3v) is 9.00. The monoisotopic (exact) mass is 502 g/mol. The van der Waals surface area contributed by atoms with Gasteiger partial charge < -0.3 is 10.3 Å². The summed E-state index contributed by atoms with van der Waals surface area (Å²) in [7, 11) is 0. The van der Waals surface area contributed by atoms with Crippen LogP contribution in [0.25, 0.3) is 10.9 Å². The zero-order chi connectivity index (χ0) is 24.6. The first-order chi connectivity index (χ1) is 17.5. The molecular formula is C28H27ClN4O3. The zero-order valence-electron chi connectivity index (χ0n) is 19.7. The summed E-state index contributed by atoms with van der Waals surface area (Å²) in [5.41, 5.74) is 2.25. The minimum atomic E-state index is -1.19. The summed E-state index contributed by atoms with van der Waals surface area (Å²) in [6.07, 6.45) is 7.06. The van der Waals surface area contributed by atoms with E-state index in [0.717, 1.165) is 54.1 Å². The molecule has 3 N–H and O–H groups in total. The molecule has 1 aromatic heterocycles. The second-order valence-electron chi connectivity index (χ2n) is 10.7. The molecule has 4 heterocycles. The van der Waals surface area contributed by atoms with E-state index < -0.39 is 23.4 Å². The fourth-order valence-electron chi connectivity index (χ4n) is 7.18. The van der Waals surface area contributed by atoms with Crippen LogP contribution in [0.3, 0.4) is 0 Å². The largest absolute Gasteiger partial charge is 0.361 e. The molecule has 0 radical (unpaired) electrons. The van der Waals surface area contributed by atoms with Gasteiger partial charge in [0.25, 0.3) is 5.91 Å². The van der Waals surface area contributed by atoms with Crippen LogP contribution in [0.5, 0.6) is 0 Å². The Balaban J connectivity index is 1.37. The molecule has 1 saturated carbocycles. The lowest BCUT2D eigenvalue weighted by Gasteiger charge is -2.34. The van der Waals surface area contributed by atoms with Gasteiger partial charge in [0, 0.05) is 46.3 Å². The Hall–Kier alpha value is -3.16. The molecule has 0 bridgehead atoms. The minimum absolute atomic E-state index is 0.0952. The molecule has 7 rings (SSSR count). The van der Waals surface area contributed by atoms with Crippen molar-refractivity contribution in [3.05, 3.63) is 64.8 Å². The topological polar surface area (TPSA) is 94.3 Å². The maximum atomic E-state index is 14.4. The number of amides is 3. The second kappa shape index (κ2) is 7.92. The summed E-state index contributed by atoms with van der Waals surface area (Å²) in [5, 5.41) is 8.11. The number of hydrogen-bond donors (Lipinski definition) is 3. The van der Waals surface area contributed by atoms with Gasteiger partial charge in [-0.25, -0.2) is 0 Å². The van der Waals surface area contributed by atoms with Crippen LogP contribution in [0.2, 0.25) is 5.02 Å². The third-order valence-electron chi connectivity index (χ3n) is 8.76. The summed E-state index contributed by atoms with van der Waals surface area (Å²) >= 11 is 6.20. The molecule has 0 spiro atoms. The number of halogens is 1. The fourth-order valence-corrected chi connectivity index (χ4v) is 7.35. The van der Waals surface area contributed by atoms with Gasteiger partial charge >= 0.3 is 0 Å². The molecule has 0 unspecified atom stereocenters. The minimum Gasteiger partial charge on any atom is -0.361 e. The number of para-hydroxylation sites is 1. The Morgan fingerprint density at radius 2 is 1.83 bits per heavy atom. The summed E-state index contributed by atoms with van der Waals surface area (Å²) in [6, 6.07) is 12.8. The van der Waals surface area contributed by atoms with Crippen LogP contribution in [-0.4, -0.2) is 39.2 Å². The van der Waals surface area contributed by atoms with Crippen LogP contribution in [0.1, 0.15) is 49.3 Å². The molecule has 2 saturated heterocycles. The smallest absolute Gasteiger partial charge is 0.250 e. The van der Waals surface area contributed by atoms with Gasteiger partial charge in [-0.05, 0) is 42.2 Å². The number of fused-ring (bicyclic) bond motifs is 6. The van der Waals surface area contributed by atoms with Crippen LogP contribution in [0.15, 0.2) is 48.7 Å². The molecule has 1 aliphatic carbocycles. The van der Waals surface area contributed by atoms with Gasteiger partial charge in [-0.1, -0.05) is 55.1 Å². The number of imide groups is 1. The van der Waals surface area contributed by atoms with Crippen molar-refractivity contribution < 1.29 is 14.4 Å². The Labute approximate surface area is 213 Å². The van der Waals surface area contributed by atoms with Gasteiger partial charge in [0.15, 0.2) is 0 Å². The number of hydrogen-bond acceptors (Lipinski definition) is 4. The first-order valence-electron chi connectivity index (χ1n) is 12.8. The number of carbonyl (C=O) groups excluding carboxylic acids is 3. The number of nitrogens with one attached hydrogen (secondary N) is 3. The summed E-state index contributed by atoms with van der Waals surface area (Å²) in [5.74, 6) is -2.07. The van der Waals surface area contributed by atoms with E-state index in [0.29, 0.717) is 17.1 Å². The van der Waals surface area contributed by atoms with E-state index >= 15 is 0 Å². The summed E-state index contributed by atoms with van der Waals surface area (Å²) in [6.45, 7) is 0. The Morgan fingerprint density at radius 1 is 1.03 bits per heavy atom. The van der Waals surface area contributed by atoms with Crippen molar-refractivity contribution in [2.75, 3.05) is 5.32 Å². The van der Waals surface area contributed by atoms with Crippen LogP contribution >= 0.6 is 11.6 Å². The van der Waals surface area contributed by atoms with Crippen molar-refractivity contribution in [2.24, 2.45) is 11.8 Å². The van der Waals surface area contributed by atoms with E-state index in [2.05, 4.69) is 15.6 Å². The quantitative estimate of drug-likeness (QED) is 0.464. The zero-order valence-corrected chi connectivity index (χ0v) is 20.5. The van der Waals surface area contributed by atoms with E-state index in [1.165, 1.54) is 4.90 Å². The van der Waals surface area contributed by atoms with Gasteiger partial charge in [0.05, 0.1) is 11.8 Å². The first-order valence-corrected chi connectivity index (χ1v) is 13.2. The average Bonchev–Trinajstić information content (AvgIpc) is 3.50. The number of aromatic nitrogens is 1. The lowest BCUT2D eigenvalue weighted by Crippen LogP contribution is -2.54. The van der Waals surface area contributed by atoms with Gasteiger partial charge in [0.2, 0.25) is 11.8 Å². The predicted octanol–water partition coefficient (Wildman–Crippen LogP) is 4.33. The van der Waals surface area contributed by atoms with Crippen LogP contribution in [0, 0.1) is 11.8 Å². The molecule has 3 aliphatic heterocycles. The molecule has 3 amide bonds. The number of H-pyrrole nitrogens is 1. The van der Waals surface area contributed by atoms with Crippen molar-refractivity contribution in [3.8, 4) is 0 Å². The molecule has 3 fully saturated rings. The molecule has 8 heteroatoms. The number of rotatable bonds is 3. The first kappa shape index (κ1) is 22.1. The van der Waals surface area contributed by atoms with Crippen LogP contribution in [-0.2, 0) is 20.8 Å². The van der Waals surface area contributed by atoms with E-state index in [1.54, 1.807) is 12.1 Å². The highest BCUT2D eigenvalue weighted by Gasteiger charge is 2.70. The van der Waals surface area contributed by atoms with Gasteiger partial charge in [-0.2, -0.15) is 0 Å².